The molecule has 2 heterocycles. The Morgan fingerprint density at radius 1 is 1.13 bits per heavy atom. The van der Waals surface area contributed by atoms with Crippen molar-refractivity contribution in [3.05, 3.63) is 65.6 Å². The molecule has 3 rings (SSSR count). The highest BCUT2D eigenvalue weighted by molar-refractivity contribution is 7.14. The standard InChI is InChI=1S/C16H15FN4OS/c17-13-3-1-11(2-4-13)9-19-15(22)21-16-20-14(10-23-16)12-5-7-18-8-6-12/h1-8,10,15,19,22H,9H2,(H,20,21). The number of nitrogens with zero attached hydrogens (tertiary/aromatic N) is 2. The summed E-state index contributed by atoms with van der Waals surface area (Å²) in [7, 11) is 0. The highest BCUT2D eigenvalue weighted by Crippen LogP contribution is 2.24. The van der Waals surface area contributed by atoms with Crippen molar-refractivity contribution >= 4 is 16.5 Å². The lowest BCUT2D eigenvalue weighted by Gasteiger charge is -2.13. The van der Waals surface area contributed by atoms with Crippen LogP contribution >= 0.6 is 11.3 Å². The first-order valence-corrected chi connectivity index (χ1v) is 7.87. The molecule has 1 atom stereocenters. The summed E-state index contributed by atoms with van der Waals surface area (Å²) in [6, 6.07) is 9.86. The number of benzene rings is 1. The van der Waals surface area contributed by atoms with E-state index in [9.17, 15) is 9.50 Å². The van der Waals surface area contributed by atoms with Crippen LogP contribution in [0.25, 0.3) is 11.3 Å². The lowest BCUT2D eigenvalue weighted by atomic mass is 10.2. The van der Waals surface area contributed by atoms with Gasteiger partial charge in [0.15, 0.2) is 11.5 Å². The smallest absolute Gasteiger partial charge is 0.186 e. The van der Waals surface area contributed by atoms with Crippen LogP contribution < -0.4 is 10.6 Å². The van der Waals surface area contributed by atoms with Crippen molar-refractivity contribution in [3.63, 3.8) is 0 Å². The number of aromatic nitrogens is 2. The molecule has 0 saturated heterocycles. The highest BCUT2D eigenvalue weighted by Gasteiger charge is 2.08. The number of aliphatic hydroxyl groups excluding tert-OH is 1. The molecule has 3 aromatic rings. The van der Waals surface area contributed by atoms with Crippen LogP contribution in [-0.2, 0) is 6.54 Å². The minimum atomic E-state index is -0.948. The molecule has 5 nitrogen and oxygen atoms in total. The van der Waals surface area contributed by atoms with Crippen LogP contribution in [0.4, 0.5) is 9.52 Å². The van der Waals surface area contributed by atoms with Gasteiger partial charge in [0.25, 0.3) is 0 Å². The summed E-state index contributed by atoms with van der Waals surface area (Å²) in [6.07, 6.45) is 2.47. The highest BCUT2D eigenvalue weighted by atomic mass is 32.1. The lowest BCUT2D eigenvalue weighted by Crippen LogP contribution is -2.35. The normalized spacial score (nSPS) is 12.1. The second-order valence-corrected chi connectivity index (χ2v) is 5.69. The zero-order chi connectivity index (χ0) is 16.1. The monoisotopic (exact) mass is 330 g/mol. The van der Waals surface area contributed by atoms with Crippen molar-refractivity contribution in [3.8, 4) is 11.3 Å². The molecule has 0 radical (unpaired) electrons. The summed E-state index contributed by atoms with van der Waals surface area (Å²) in [4.78, 5) is 8.39. The number of halogens is 1. The summed E-state index contributed by atoms with van der Waals surface area (Å²) >= 11 is 1.40. The Bertz CT molecular complexity index is 748. The summed E-state index contributed by atoms with van der Waals surface area (Å²) in [5.74, 6) is -0.279. The summed E-state index contributed by atoms with van der Waals surface area (Å²) < 4.78 is 12.8. The van der Waals surface area contributed by atoms with Crippen molar-refractivity contribution in [2.75, 3.05) is 5.32 Å². The third-order valence-electron chi connectivity index (χ3n) is 3.15. The van der Waals surface area contributed by atoms with Gasteiger partial charge in [-0.3, -0.25) is 10.3 Å². The molecule has 0 fully saturated rings. The zero-order valence-corrected chi connectivity index (χ0v) is 12.9. The fourth-order valence-corrected chi connectivity index (χ4v) is 2.72. The molecule has 0 aliphatic rings. The number of pyridine rings is 1. The molecule has 1 aromatic carbocycles. The Balaban J connectivity index is 1.55. The van der Waals surface area contributed by atoms with Crippen LogP contribution in [0.3, 0.4) is 0 Å². The van der Waals surface area contributed by atoms with Gasteiger partial charge in [-0.05, 0) is 29.8 Å². The first kappa shape index (κ1) is 15.5. The number of anilines is 1. The van der Waals surface area contributed by atoms with Crippen LogP contribution in [-0.4, -0.2) is 21.4 Å². The third-order valence-corrected chi connectivity index (χ3v) is 3.93. The van der Waals surface area contributed by atoms with Gasteiger partial charge in [-0.1, -0.05) is 12.1 Å². The van der Waals surface area contributed by atoms with Gasteiger partial charge in [0, 0.05) is 29.9 Å². The number of rotatable bonds is 6. The second kappa shape index (κ2) is 7.28. The topological polar surface area (TPSA) is 70.1 Å². The minimum Gasteiger partial charge on any atom is -0.361 e. The molecule has 1 unspecified atom stereocenters. The average Bonchev–Trinajstić information content (AvgIpc) is 3.04. The Morgan fingerprint density at radius 3 is 2.61 bits per heavy atom. The van der Waals surface area contributed by atoms with E-state index < -0.39 is 6.35 Å². The van der Waals surface area contributed by atoms with Crippen molar-refractivity contribution < 1.29 is 9.50 Å². The maximum absolute atomic E-state index is 12.8. The zero-order valence-electron chi connectivity index (χ0n) is 12.1. The van der Waals surface area contributed by atoms with Crippen LogP contribution in [0, 0.1) is 5.82 Å². The number of nitrogens with one attached hydrogen (secondary N) is 2. The van der Waals surface area contributed by atoms with E-state index in [1.54, 1.807) is 24.5 Å². The van der Waals surface area contributed by atoms with E-state index in [1.807, 2.05) is 17.5 Å². The summed E-state index contributed by atoms with van der Waals surface area (Å²) in [6.45, 7) is 0.414. The molecular weight excluding hydrogens is 315 g/mol. The molecule has 3 N–H and O–H groups in total. The molecule has 2 aromatic heterocycles. The number of aliphatic hydroxyl groups is 1. The Morgan fingerprint density at radius 2 is 1.87 bits per heavy atom. The van der Waals surface area contributed by atoms with Gasteiger partial charge < -0.3 is 10.4 Å². The molecule has 0 spiro atoms. The van der Waals surface area contributed by atoms with Crippen LogP contribution in [0.15, 0.2) is 54.2 Å². The molecule has 7 heteroatoms. The molecule has 0 amide bonds. The number of thiazole rings is 1. The first-order valence-electron chi connectivity index (χ1n) is 6.99. The molecule has 118 valence electrons. The third kappa shape index (κ3) is 4.32. The Kier molecular flexibility index (Phi) is 4.92. The van der Waals surface area contributed by atoms with E-state index >= 15 is 0 Å². The second-order valence-electron chi connectivity index (χ2n) is 4.83. The van der Waals surface area contributed by atoms with E-state index in [2.05, 4.69) is 20.6 Å². The van der Waals surface area contributed by atoms with Crippen LogP contribution in [0.1, 0.15) is 5.56 Å². The van der Waals surface area contributed by atoms with E-state index in [4.69, 9.17) is 0 Å². The molecule has 0 bridgehead atoms. The molecule has 23 heavy (non-hydrogen) atoms. The fraction of sp³-hybridized carbons (Fsp3) is 0.125. The summed E-state index contributed by atoms with van der Waals surface area (Å²) in [5, 5.41) is 18.2. The van der Waals surface area contributed by atoms with Crippen molar-refractivity contribution in [2.45, 2.75) is 12.9 Å². The van der Waals surface area contributed by atoms with Gasteiger partial charge in [0.2, 0.25) is 0 Å². The Labute approximate surface area is 136 Å². The maximum atomic E-state index is 12.8. The molecule has 0 saturated carbocycles. The fourth-order valence-electron chi connectivity index (χ4n) is 1.98. The van der Waals surface area contributed by atoms with Crippen molar-refractivity contribution in [1.29, 1.82) is 0 Å². The van der Waals surface area contributed by atoms with E-state index in [0.717, 1.165) is 16.8 Å². The first-order chi connectivity index (χ1) is 11.2. The predicted octanol–water partition coefficient (Wildman–Crippen LogP) is 2.82. The van der Waals surface area contributed by atoms with Gasteiger partial charge in [-0.25, -0.2) is 9.37 Å². The van der Waals surface area contributed by atoms with E-state index in [0.29, 0.717) is 11.7 Å². The predicted molar refractivity (Wildman–Crippen MR) is 88.2 cm³/mol. The van der Waals surface area contributed by atoms with Crippen molar-refractivity contribution in [1.82, 2.24) is 15.3 Å². The molecule has 0 aliphatic heterocycles. The van der Waals surface area contributed by atoms with Gasteiger partial charge >= 0.3 is 0 Å². The molecular formula is C16H15FN4OS. The quantitative estimate of drug-likeness (QED) is 0.606. The largest absolute Gasteiger partial charge is 0.361 e. The van der Waals surface area contributed by atoms with Gasteiger partial charge in [-0.2, -0.15) is 0 Å². The summed E-state index contributed by atoms with van der Waals surface area (Å²) in [5.41, 5.74) is 2.67. The minimum absolute atomic E-state index is 0.279. The lowest BCUT2D eigenvalue weighted by molar-refractivity contribution is 0.163. The van der Waals surface area contributed by atoms with E-state index in [-0.39, 0.29) is 5.82 Å². The number of hydrogen-bond donors (Lipinski definition) is 3. The van der Waals surface area contributed by atoms with Crippen LogP contribution in [0.5, 0.6) is 0 Å². The van der Waals surface area contributed by atoms with E-state index in [1.165, 1.54) is 23.5 Å². The Hall–Kier alpha value is -2.35. The van der Waals surface area contributed by atoms with Gasteiger partial charge in [0.05, 0.1) is 5.69 Å². The maximum Gasteiger partial charge on any atom is 0.186 e. The van der Waals surface area contributed by atoms with Crippen molar-refractivity contribution in [2.24, 2.45) is 0 Å². The SMILES string of the molecule is OC(NCc1ccc(F)cc1)Nc1nc(-c2ccncc2)cs1. The number of hydrogen-bond acceptors (Lipinski definition) is 6. The van der Waals surface area contributed by atoms with Gasteiger partial charge in [0.1, 0.15) is 5.82 Å². The average molecular weight is 330 g/mol. The molecule has 0 aliphatic carbocycles. The van der Waals surface area contributed by atoms with Gasteiger partial charge in [-0.15, -0.1) is 11.3 Å². The van der Waals surface area contributed by atoms with Crippen LogP contribution in [0.2, 0.25) is 0 Å².